The van der Waals surface area contributed by atoms with E-state index in [0.717, 1.165) is 0 Å². The Morgan fingerprint density at radius 2 is 2.13 bits per heavy atom. The maximum atomic E-state index is 12.5. The number of aromatic nitrogens is 3. The molecule has 1 aromatic heterocycles. The first kappa shape index (κ1) is 11.9. The first-order valence-corrected chi connectivity index (χ1v) is 4.24. The van der Waals surface area contributed by atoms with Crippen LogP contribution in [0, 0.1) is 0 Å². The van der Waals surface area contributed by atoms with Crippen LogP contribution in [0.25, 0.3) is 0 Å². The third-order valence-electron chi connectivity index (χ3n) is 1.70. The van der Waals surface area contributed by atoms with Gasteiger partial charge >= 0.3 is 6.18 Å². The van der Waals surface area contributed by atoms with Crippen LogP contribution in [0.15, 0.2) is 0 Å². The van der Waals surface area contributed by atoms with E-state index < -0.39 is 18.0 Å². The third-order valence-corrected chi connectivity index (χ3v) is 1.70. The molecule has 0 saturated heterocycles. The summed E-state index contributed by atoms with van der Waals surface area (Å²) >= 11 is 0. The molecule has 8 heteroatoms. The van der Waals surface area contributed by atoms with Gasteiger partial charge in [0.15, 0.2) is 5.69 Å². The molecule has 0 aliphatic heterocycles. The minimum atomic E-state index is -4.56. The lowest BCUT2D eigenvalue weighted by Gasteiger charge is -2.11. The van der Waals surface area contributed by atoms with Gasteiger partial charge in [-0.1, -0.05) is 5.21 Å². The van der Waals surface area contributed by atoms with E-state index in [0.29, 0.717) is 4.68 Å². The first-order valence-electron chi connectivity index (χ1n) is 4.24. The van der Waals surface area contributed by atoms with Gasteiger partial charge in [0, 0.05) is 6.54 Å². The zero-order chi connectivity index (χ0) is 11.6. The van der Waals surface area contributed by atoms with Gasteiger partial charge in [0.25, 0.3) is 0 Å². The van der Waals surface area contributed by atoms with Crippen molar-refractivity contribution in [3.8, 4) is 0 Å². The van der Waals surface area contributed by atoms with E-state index in [-0.39, 0.29) is 18.8 Å². The Morgan fingerprint density at radius 3 is 2.53 bits per heavy atom. The monoisotopic (exact) mass is 224 g/mol. The average Bonchev–Trinajstić information content (AvgIpc) is 2.45. The topological polar surface area (TPSA) is 77.0 Å². The van der Waals surface area contributed by atoms with Crippen molar-refractivity contribution in [2.75, 3.05) is 0 Å². The second-order valence-corrected chi connectivity index (χ2v) is 3.12. The number of rotatable bonds is 3. The van der Waals surface area contributed by atoms with E-state index in [9.17, 15) is 13.2 Å². The number of alkyl halides is 3. The van der Waals surface area contributed by atoms with Gasteiger partial charge in [-0.05, 0) is 6.92 Å². The van der Waals surface area contributed by atoms with Gasteiger partial charge in [-0.2, -0.15) is 13.2 Å². The van der Waals surface area contributed by atoms with Crippen molar-refractivity contribution in [3.05, 3.63) is 11.4 Å². The number of nitrogens with two attached hydrogens (primary N) is 1. The highest BCUT2D eigenvalue weighted by Gasteiger charge is 2.38. The Hall–Kier alpha value is -1.15. The van der Waals surface area contributed by atoms with Crippen molar-refractivity contribution in [1.82, 2.24) is 15.0 Å². The Kier molecular flexibility index (Phi) is 3.30. The quantitative estimate of drug-likeness (QED) is 0.765. The smallest absolute Gasteiger partial charge is 0.391 e. The fraction of sp³-hybridized carbons (Fsp3) is 0.714. The molecule has 0 amide bonds. The van der Waals surface area contributed by atoms with Crippen molar-refractivity contribution < 1.29 is 18.3 Å². The average molecular weight is 224 g/mol. The number of halogens is 3. The van der Waals surface area contributed by atoms with E-state index in [2.05, 4.69) is 10.3 Å². The van der Waals surface area contributed by atoms with Crippen LogP contribution in [-0.2, 0) is 19.3 Å². The van der Waals surface area contributed by atoms with Crippen LogP contribution in [-0.4, -0.2) is 26.2 Å². The summed E-state index contributed by atoms with van der Waals surface area (Å²) in [7, 11) is 0. The largest absolute Gasteiger partial charge is 0.434 e. The maximum absolute atomic E-state index is 12.5. The second kappa shape index (κ2) is 4.15. The molecule has 5 nitrogen and oxygen atoms in total. The van der Waals surface area contributed by atoms with Crippen LogP contribution in [0.2, 0.25) is 0 Å². The summed E-state index contributed by atoms with van der Waals surface area (Å²) in [4.78, 5) is 0. The van der Waals surface area contributed by atoms with Crippen LogP contribution >= 0.6 is 0 Å². The summed E-state index contributed by atoms with van der Waals surface area (Å²) in [5.41, 5.74) is 3.80. The molecule has 1 unspecified atom stereocenters. The Morgan fingerprint density at radius 1 is 1.53 bits per heavy atom. The Balaban J connectivity index is 3.12. The molecular formula is C7H11F3N4O. The molecule has 0 saturated carbocycles. The minimum Gasteiger partial charge on any atom is -0.391 e. The van der Waals surface area contributed by atoms with Crippen LogP contribution in [0.3, 0.4) is 0 Å². The predicted molar refractivity (Wildman–Crippen MR) is 44.6 cm³/mol. The molecule has 0 aromatic carbocycles. The number of aliphatic hydroxyl groups is 1. The number of hydrogen-bond donors (Lipinski definition) is 2. The van der Waals surface area contributed by atoms with Crippen molar-refractivity contribution in [2.45, 2.75) is 32.3 Å². The number of aliphatic hydroxyl groups excluding tert-OH is 1. The van der Waals surface area contributed by atoms with Crippen LogP contribution in [0.5, 0.6) is 0 Å². The summed E-state index contributed by atoms with van der Waals surface area (Å²) in [5, 5.41) is 15.6. The van der Waals surface area contributed by atoms with E-state index in [4.69, 9.17) is 10.8 Å². The summed E-state index contributed by atoms with van der Waals surface area (Å²) in [5.74, 6) is 0. The molecule has 86 valence electrons. The lowest BCUT2D eigenvalue weighted by molar-refractivity contribution is -0.145. The zero-order valence-electron chi connectivity index (χ0n) is 7.99. The van der Waals surface area contributed by atoms with Crippen molar-refractivity contribution in [3.63, 3.8) is 0 Å². The van der Waals surface area contributed by atoms with Gasteiger partial charge in [-0.3, -0.25) is 0 Å². The maximum Gasteiger partial charge on any atom is 0.434 e. The SMILES string of the molecule is CC(O)Cn1nnc(CN)c1C(F)(F)F. The highest BCUT2D eigenvalue weighted by Crippen LogP contribution is 2.30. The lowest BCUT2D eigenvalue weighted by atomic mass is 10.3. The molecule has 0 aliphatic rings. The molecule has 0 radical (unpaired) electrons. The molecular weight excluding hydrogens is 213 g/mol. The van der Waals surface area contributed by atoms with Crippen molar-refractivity contribution >= 4 is 0 Å². The standard InChI is InChI=1S/C7H11F3N4O/c1-4(15)3-14-6(7(8,9)10)5(2-11)12-13-14/h4,15H,2-3,11H2,1H3. The van der Waals surface area contributed by atoms with Gasteiger partial charge < -0.3 is 10.8 Å². The van der Waals surface area contributed by atoms with E-state index in [1.54, 1.807) is 0 Å². The van der Waals surface area contributed by atoms with Crippen molar-refractivity contribution in [1.29, 1.82) is 0 Å². The summed E-state index contributed by atoms with van der Waals surface area (Å²) in [6.45, 7) is 0.764. The molecule has 0 spiro atoms. The van der Waals surface area contributed by atoms with Gasteiger partial charge in [0.05, 0.1) is 12.6 Å². The molecule has 1 rings (SSSR count). The Labute approximate surface area is 83.7 Å². The molecule has 0 fully saturated rings. The van der Waals surface area contributed by atoms with E-state index >= 15 is 0 Å². The lowest BCUT2D eigenvalue weighted by Crippen LogP contribution is -2.22. The van der Waals surface area contributed by atoms with Crippen LogP contribution in [0.4, 0.5) is 13.2 Å². The molecule has 0 aliphatic carbocycles. The highest BCUT2D eigenvalue weighted by atomic mass is 19.4. The predicted octanol–water partition coefficient (Wildman–Crippen LogP) is 0.136. The van der Waals surface area contributed by atoms with Gasteiger partial charge in [-0.15, -0.1) is 5.10 Å². The summed E-state index contributed by atoms with van der Waals surface area (Å²) in [6.07, 6.45) is -5.49. The molecule has 1 heterocycles. The fourth-order valence-electron chi connectivity index (χ4n) is 1.17. The van der Waals surface area contributed by atoms with Crippen LogP contribution in [0.1, 0.15) is 18.3 Å². The number of hydrogen-bond acceptors (Lipinski definition) is 4. The summed E-state index contributed by atoms with van der Waals surface area (Å²) < 4.78 is 38.2. The summed E-state index contributed by atoms with van der Waals surface area (Å²) in [6, 6.07) is 0. The first-order chi connectivity index (χ1) is 6.86. The van der Waals surface area contributed by atoms with Gasteiger partial charge in [0.2, 0.25) is 0 Å². The number of nitrogens with zero attached hydrogens (tertiary/aromatic N) is 3. The highest BCUT2D eigenvalue weighted by molar-refractivity contribution is 5.13. The molecule has 15 heavy (non-hydrogen) atoms. The fourth-order valence-corrected chi connectivity index (χ4v) is 1.17. The Bertz CT molecular complexity index is 333. The zero-order valence-corrected chi connectivity index (χ0v) is 7.99. The van der Waals surface area contributed by atoms with E-state index in [1.807, 2.05) is 0 Å². The minimum absolute atomic E-state index is 0.262. The van der Waals surface area contributed by atoms with E-state index in [1.165, 1.54) is 6.92 Å². The van der Waals surface area contributed by atoms with Gasteiger partial charge in [0.1, 0.15) is 5.69 Å². The third kappa shape index (κ3) is 2.66. The van der Waals surface area contributed by atoms with Gasteiger partial charge in [-0.25, -0.2) is 4.68 Å². The molecule has 3 N–H and O–H groups in total. The molecule has 0 bridgehead atoms. The normalized spacial score (nSPS) is 14.3. The second-order valence-electron chi connectivity index (χ2n) is 3.12. The molecule has 1 aromatic rings. The van der Waals surface area contributed by atoms with Crippen molar-refractivity contribution in [2.24, 2.45) is 5.73 Å². The van der Waals surface area contributed by atoms with Crippen LogP contribution < -0.4 is 5.73 Å². The molecule has 1 atom stereocenters.